The lowest BCUT2D eigenvalue weighted by Crippen LogP contribution is -2.36. The zero-order valence-corrected chi connectivity index (χ0v) is 22.4. The summed E-state index contributed by atoms with van der Waals surface area (Å²) in [6.45, 7) is 6.82. The van der Waals surface area contributed by atoms with Crippen LogP contribution >= 0.6 is 24.0 Å². The summed E-state index contributed by atoms with van der Waals surface area (Å²) in [4.78, 5) is 16.9. The second-order valence-corrected chi connectivity index (χ2v) is 9.62. The van der Waals surface area contributed by atoms with E-state index in [-0.39, 0.29) is 35.9 Å². The van der Waals surface area contributed by atoms with Gasteiger partial charge in [0.2, 0.25) is 0 Å². The normalized spacial score (nSPS) is 12.5. The number of aryl methyl sites for hydroxylation is 1. The van der Waals surface area contributed by atoms with Gasteiger partial charge >= 0.3 is 0 Å². The Balaban J connectivity index is 0.00000512. The fourth-order valence-electron chi connectivity index (χ4n) is 3.06. The van der Waals surface area contributed by atoms with E-state index in [0.717, 1.165) is 23.1 Å². The molecule has 0 aliphatic carbocycles. The zero-order valence-electron chi connectivity index (χ0n) is 19.2. The molecular weight excluding hydrogens is 539 g/mol. The van der Waals surface area contributed by atoms with Crippen LogP contribution in [0.1, 0.15) is 47.3 Å². The van der Waals surface area contributed by atoms with Crippen molar-refractivity contribution in [2.45, 2.75) is 51.2 Å². The van der Waals surface area contributed by atoms with Gasteiger partial charge in [0.05, 0.1) is 4.90 Å². The highest BCUT2D eigenvalue weighted by atomic mass is 127. The molecule has 0 aliphatic heterocycles. The Hall–Kier alpha value is -2.14. The van der Waals surface area contributed by atoms with Crippen molar-refractivity contribution in [1.29, 1.82) is 0 Å². The predicted octanol–water partition coefficient (Wildman–Crippen LogP) is 3.41. The van der Waals surface area contributed by atoms with E-state index in [1.807, 2.05) is 38.1 Å². The van der Waals surface area contributed by atoms with Crippen LogP contribution in [-0.2, 0) is 22.9 Å². The number of rotatable bonds is 8. The number of hydrogen-bond acceptors (Lipinski definition) is 4. The summed E-state index contributed by atoms with van der Waals surface area (Å²) in [5, 5.41) is 9.43. The van der Waals surface area contributed by atoms with Crippen LogP contribution in [0, 0.1) is 6.92 Å². The highest BCUT2D eigenvalue weighted by Gasteiger charge is 2.11. The maximum atomic E-state index is 12.3. The maximum Gasteiger partial charge on any atom is 0.251 e. The number of carbonyl (C=O) groups excluding carboxylic acids is 1. The highest BCUT2D eigenvalue weighted by Crippen LogP contribution is 2.16. The van der Waals surface area contributed by atoms with Crippen LogP contribution in [0.4, 0.5) is 0 Å². The Morgan fingerprint density at radius 2 is 1.69 bits per heavy atom. The summed E-state index contributed by atoms with van der Waals surface area (Å²) in [6, 6.07) is 12.9. The van der Waals surface area contributed by atoms with Crippen LogP contribution in [-0.4, -0.2) is 39.6 Å². The summed E-state index contributed by atoms with van der Waals surface area (Å²) >= 11 is 0. The van der Waals surface area contributed by atoms with Gasteiger partial charge in [-0.25, -0.2) is 8.42 Å². The third-order valence-corrected chi connectivity index (χ3v) is 6.22. The standard InChI is InChI=1S/C23H32N4O3S.HI/c1-6-17(3)27-22(28)20-9-7-8-18(13-20)14-25-23(24-4)26-15-19-10-11-21(16(2)12-19)31(5,29)30;/h7-13,17H,6,14-15H2,1-5H3,(H,27,28)(H2,24,25,26);1H. The average Bonchev–Trinajstić information content (AvgIpc) is 2.73. The Labute approximate surface area is 208 Å². The smallest absolute Gasteiger partial charge is 0.251 e. The third-order valence-electron chi connectivity index (χ3n) is 4.96. The molecule has 1 amide bonds. The molecule has 3 N–H and O–H groups in total. The van der Waals surface area contributed by atoms with Gasteiger partial charge in [0.15, 0.2) is 15.8 Å². The number of guanidine groups is 1. The van der Waals surface area contributed by atoms with Gasteiger partial charge in [-0.2, -0.15) is 0 Å². The molecule has 9 heteroatoms. The number of carbonyl (C=O) groups is 1. The van der Waals surface area contributed by atoms with Crippen molar-refractivity contribution in [3.05, 3.63) is 64.7 Å². The number of hydrogen-bond donors (Lipinski definition) is 3. The number of nitrogens with one attached hydrogen (secondary N) is 3. The minimum atomic E-state index is -3.23. The molecule has 1 atom stereocenters. The van der Waals surface area contributed by atoms with Crippen molar-refractivity contribution in [3.63, 3.8) is 0 Å². The topological polar surface area (TPSA) is 99.7 Å². The summed E-state index contributed by atoms with van der Waals surface area (Å²) in [7, 11) is -1.54. The van der Waals surface area contributed by atoms with E-state index in [1.165, 1.54) is 6.26 Å². The molecule has 7 nitrogen and oxygen atoms in total. The molecule has 2 rings (SSSR count). The van der Waals surface area contributed by atoms with E-state index in [1.54, 1.807) is 32.2 Å². The molecule has 0 spiro atoms. The summed E-state index contributed by atoms with van der Waals surface area (Å²) in [6.07, 6.45) is 2.09. The summed E-state index contributed by atoms with van der Waals surface area (Å²) in [5.74, 6) is 0.533. The molecule has 0 saturated carbocycles. The number of amides is 1. The number of nitrogens with zero attached hydrogens (tertiary/aromatic N) is 1. The van der Waals surface area contributed by atoms with Crippen LogP contribution in [0.3, 0.4) is 0 Å². The molecule has 0 aromatic heterocycles. The van der Waals surface area contributed by atoms with Crippen molar-refractivity contribution in [2.75, 3.05) is 13.3 Å². The van der Waals surface area contributed by atoms with Crippen LogP contribution in [0.25, 0.3) is 0 Å². The second kappa shape index (κ2) is 12.8. The average molecular weight is 573 g/mol. The van der Waals surface area contributed by atoms with Crippen molar-refractivity contribution in [3.8, 4) is 0 Å². The van der Waals surface area contributed by atoms with Crippen molar-refractivity contribution >= 4 is 45.7 Å². The zero-order chi connectivity index (χ0) is 23.0. The fraction of sp³-hybridized carbons (Fsp3) is 0.391. The van der Waals surface area contributed by atoms with Gasteiger partial charge in [-0.15, -0.1) is 24.0 Å². The first-order valence-electron chi connectivity index (χ1n) is 10.3. The van der Waals surface area contributed by atoms with Crippen LogP contribution < -0.4 is 16.0 Å². The van der Waals surface area contributed by atoms with Crippen LogP contribution in [0.5, 0.6) is 0 Å². The second-order valence-electron chi connectivity index (χ2n) is 7.63. The van der Waals surface area contributed by atoms with Crippen LogP contribution in [0.2, 0.25) is 0 Å². The molecular formula is C23H33IN4O3S. The first-order valence-corrected chi connectivity index (χ1v) is 12.2. The van der Waals surface area contributed by atoms with Gasteiger partial charge in [0.25, 0.3) is 5.91 Å². The first-order chi connectivity index (χ1) is 14.6. The first kappa shape index (κ1) is 27.9. The van der Waals surface area contributed by atoms with Gasteiger partial charge in [0, 0.05) is 38.0 Å². The van der Waals surface area contributed by atoms with E-state index in [2.05, 4.69) is 20.9 Å². The lowest BCUT2D eigenvalue weighted by Gasteiger charge is -2.14. The monoisotopic (exact) mass is 572 g/mol. The largest absolute Gasteiger partial charge is 0.352 e. The third kappa shape index (κ3) is 8.42. The Bertz CT molecular complexity index is 1050. The lowest BCUT2D eigenvalue weighted by atomic mass is 10.1. The molecule has 0 bridgehead atoms. The van der Waals surface area contributed by atoms with Gasteiger partial charge in [-0.05, 0) is 55.2 Å². The number of sulfone groups is 1. The van der Waals surface area contributed by atoms with Gasteiger partial charge < -0.3 is 16.0 Å². The van der Waals surface area contributed by atoms with Crippen molar-refractivity contribution in [1.82, 2.24) is 16.0 Å². The van der Waals surface area contributed by atoms with Gasteiger partial charge in [-0.1, -0.05) is 31.2 Å². The van der Waals surface area contributed by atoms with Crippen LogP contribution in [0.15, 0.2) is 52.4 Å². The van der Waals surface area contributed by atoms with Gasteiger partial charge in [0.1, 0.15) is 0 Å². The Morgan fingerprint density at radius 1 is 1.06 bits per heavy atom. The predicted molar refractivity (Wildman–Crippen MR) is 140 cm³/mol. The Morgan fingerprint density at radius 3 is 2.22 bits per heavy atom. The Kier molecular flexibility index (Phi) is 11.1. The summed E-state index contributed by atoms with van der Waals surface area (Å²) in [5.41, 5.74) is 3.27. The van der Waals surface area contributed by atoms with Crippen molar-refractivity contribution < 1.29 is 13.2 Å². The molecule has 0 heterocycles. The van der Waals surface area contributed by atoms with Crippen molar-refractivity contribution in [2.24, 2.45) is 4.99 Å². The van der Waals surface area contributed by atoms with E-state index in [4.69, 9.17) is 0 Å². The van der Waals surface area contributed by atoms with E-state index in [0.29, 0.717) is 29.5 Å². The van der Waals surface area contributed by atoms with Gasteiger partial charge in [-0.3, -0.25) is 9.79 Å². The lowest BCUT2D eigenvalue weighted by molar-refractivity contribution is 0.0939. The minimum Gasteiger partial charge on any atom is -0.352 e. The highest BCUT2D eigenvalue weighted by molar-refractivity contribution is 14.0. The minimum absolute atomic E-state index is 0. The molecule has 0 fully saturated rings. The summed E-state index contributed by atoms with van der Waals surface area (Å²) < 4.78 is 23.5. The molecule has 0 saturated heterocycles. The SMILES string of the molecule is CCC(C)NC(=O)c1cccc(CNC(=NC)NCc2ccc(S(C)(=O)=O)c(C)c2)c1.I. The number of halogens is 1. The van der Waals surface area contributed by atoms with E-state index in [9.17, 15) is 13.2 Å². The number of benzene rings is 2. The molecule has 176 valence electrons. The molecule has 2 aromatic carbocycles. The molecule has 2 aromatic rings. The molecule has 0 radical (unpaired) electrons. The van der Waals surface area contributed by atoms with E-state index >= 15 is 0 Å². The fourth-order valence-corrected chi connectivity index (χ4v) is 4.02. The molecule has 0 aliphatic rings. The quantitative estimate of drug-likeness (QED) is 0.256. The number of aliphatic imine (C=N–C) groups is 1. The van der Waals surface area contributed by atoms with E-state index < -0.39 is 9.84 Å². The molecule has 1 unspecified atom stereocenters. The maximum absolute atomic E-state index is 12.3. The molecule has 32 heavy (non-hydrogen) atoms.